The first-order valence-electron chi connectivity index (χ1n) is 7.41. The van der Waals surface area contributed by atoms with Gasteiger partial charge >= 0.3 is 0 Å². The molecule has 0 unspecified atom stereocenters. The van der Waals surface area contributed by atoms with Gasteiger partial charge in [0.15, 0.2) is 5.11 Å². The number of ether oxygens (including phenoxy) is 2. The molecule has 126 valence electrons. The standard InChI is InChI=1S/C18H20N2O3S/c1-12-6-4-5-7-13(12)10-17(21)20-18(24)19-15-11-14(22-2)8-9-16(15)23-3/h4-9,11H,10H2,1-3H3,(H2,19,20,21,24). The maximum atomic E-state index is 12.1. The molecule has 2 aromatic rings. The van der Waals surface area contributed by atoms with E-state index in [0.29, 0.717) is 17.2 Å². The van der Waals surface area contributed by atoms with Crippen LogP contribution >= 0.6 is 12.2 Å². The second-order valence-electron chi connectivity index (χ2n) is 5.17. The third-order valence-electron chi connectivity index (χ3n) is 3.52. The van der Waals surface area contributed by atoms with E-state index in [4.69, 9.17) is 21.7 Å². The third-order valence-corrected chi connectivity index (χ3v) is 3.72. The number of amides is 1. The van der Waals surface area contributed by atoms with Crippen LogP contribution in [0, 0.1) is 6.92 Å². The maximum absolute atomic E-state index is 12.1. The number of nitrogens with one attached hydrogen (secondary N) is 2. The molecule has 0 radical (unpaired) electrons. The Labute approximate surface area is 147 Å². The zero-order valence-corrected chi connectivity index (χ0v) is 14.7. The van der Waals surface area contributed by atoms with E-state index in [1.165, 1.54) is 0 Å². The molecule has 0 fully saturated rings. The average molecular weight is 344 g/mol. The summed E-state index contributed by atoms with van der Waals surface area (Å²) in [4.78, 5) is 12.1. The lowest BCUT2D eigenvalue weighted by Crippen LogP contribution is -2.35. The van der Waals surface area contributed by atoms with Gasteiger partial charge in [-0.2, -0.15) is 0 Å². The highest BCUT2D eigenvalue weighted by Crippen LogP contribution is 2.28. The van der Waals surface area contributed by atoms with Crippen molar-refractivity contribution in [3.8, 4) is 11.5 Å². The molecule has 6 heteroatoms. The molecule has 2 N–H and O–H groups in total. The van der Waals surface area contributed by atoms with E-state index in [1.54, 1.807) is 32.4 Å². The van der Waals surface area contributed by atoms with Crippen LogP contribution in [0.25, 0.3) is 0 Å². The van der Waals surface area contributed by atoms with Gasteiger partial charge in [-0.3, -0.25) is 4.79 Å². The summed E-state index contributed by atoms with van der Waals surface area (Å²) in [5, 5.41) is 5.85. The van der Waals surface area contributed by atoms with Gasteiger partial charge in [-0.15, -0.1) is 0 Å². The molecule has 0 bridgehead atoms. The molecular weight excluding hydrogens is 324 g/mol. The van der Waals surface area contributed by atoms with E-state index in [0.717, 1.165) is 11.1 Å². The first-order valence-corrected chi connectivity index (χ1v) is 7.81. The zero-order chi connectivity index (χ0) is 17.5. The first-order chi connectivity index (χ1) is 11.5. The van der Waals surface area contributed by atoms with Crippen LogP contribution in [0.15, 0.2) is 42.5 Å². The van der Waals surface area contributed by atoms with Crippen LogP contribution in [-0.4, -0.2) is 25.2 Å². The Kier molecular flexibility index (Phi) is 6.14. The Morgan fingerprint density at radius 1 is 1.12 bits per heavy atom. The van der Waals surface area contributed by atoms with Crippen molar-refractivity contribution in [2.45, 2.75) is 13.3 Å². The molecule has 0 atom stereocenters. The highest BCUT2D eigenvalue weighted by atomic mass is 32.1. The summed E-state index contributed by atoms with van der Waals surface area (Å²) in [6.07, 6.45) is 0.268. The fourth-order valence-corrected chi connectivity index (χ4v) is 2.44. The van der Waals surface area contributed by atoms with Gasteiger partial charge in [0, 0.05) is 6.07 Å². The van der Waals surface area contributed by atoms with Crippen molar-refractivity contribution >= 4 is 28.9 Å². The molecule has 2 aromatic carbocycles. The van der Waals surface area contributed by atoms with Gasteiger partial charge in [0.2, 0.25) is 5.91 Å². The monoisotopic (exact) mass is 344 g/mol. The summed E-state index contributed by atoms with van der Waals surface area (Å²) in [5.74, 6) is 1.09. The van der Waals surface area contributed by atoms with Crippen LogP contribution in [0.1, 0.15) is 11.1 Å². The molecule has 0 aliphatic rings. The van der Waals surface area contributed by atoms with Crippen molar-refractivity contribution in [2.75, 3.05) is 19.5 Å². The Hall–Kier alpha value is -2.60. The summed E-state index contributed by atoms with van der Waals surface area (Å²) in [5.41, 5.74) is 2.66. The van der Waals surface area contributed by atoms with E-state index in [9.17, 15) is 4.79 Å². The molecule has 24 heavy (non-hydrogen) atoms. The quantitative estimate of drug-likeness (QED) is 0.817. The van der Waals surface area contributed by atoms with E-state index in [2.05, 4.69) is 10.6 Å². The lowest BCUT2D eigenvalue weighted by Gasteiger charge is -2.14. The predicted molar refractivity (Wildman–Crippen MR) is 98.8 cm³/mol. The number of methoxy groups -OCH3 is 2. The van der Waals surface area contributed by atoms with E-state index < -0.39 is 0 Å². The molecule has 5 nitrogen and oxygen atoms in total. The molecule has 1 amide bonds. The Bertz CT molecular complexity index is 747. The molecule has 0 aliphatic heterocycles. The Morgan fingerprint density at radius 2 is 1.88 bits per heavy atom. The molecule has 0 aromatic heterocycles. The van der Waals surface area contributed by atoms with E-state index in [1.807, 2.05) is 31.2 Å². The van der Waals surface area contributed by atoms with Crippen molar-refractivity contribution in [3.05, 3.63) is 53.6 Å². The summed E-state index contributed by atoms with van der Waals surface area (Å²) in [6.45, 7) is 1.97. The van der Waals surface area contributed by atoms with Gasteiger partial charge in [-0.25, -0.2) is 0 Å². The highest BCUT2D eigenvalue weighted by molar-refractivity contribution is 7.80. The first kappa shape index (κ1) is 17.7. The maximum Gasteiger partial charge on any atom is 0.230 e. The van der Waals surface area contributed by atoms with Gasteiger partial charge in [0.05, 0.1) is 26.3 Å². The van der Waals surface area contributed by atoms with Gasteiger partial charge in [-0.1, -0.05) is 24.3 Å². The molecule has 0 saturated carbocycles. The van der Waals surface area contributed by atoms with Gasteiger partial charge < -0.3 is 20.1 Å². The number of thiocarbonyl (C=S) groups is 1. The number of anilines is 1. The topological polar surface area (TPSA) is 59.6 Å². The van der Waals surface area contributed by atoms with Crippen molar-refractivity contribution in [1.82, 2.24) is 5.32 Å². The third kappa shape index (κ3) is 4.70. The lowest BCUT2D eigenvalue weighted by atomic mass is 10.1. The number of aryl methyl sites for hydroxylation is 1. The Balaban J connectivity index is 2.00. The lowest BCUT2D eigenvalue weighted by molar-refractivity contribution is -0.119. The largest absolute Gasteiger partial charge is 0.497 e. The molecule has 0 spiro atoms. The Morgan fingerprint density at radius 3 is 2.54 bits per heavy atom. The zero-order valence-electron chi connectivity index (χ0n) is 13.9. The highest BCUT2D eigenvalue weighted by Gasteiger charge is 2.10. The van der Waals surface area contributed by atoms with Crippen molar-refractivity contribution in [2.24, 2.45) is 0 Å². The minimum Gasteiger partial charge on any atom is -0.497 e. The molecule has 0 aliphatic carbocycles. The summed E-state index contributed by atoms with van der Waals surface area (Å²) >= 11 is 5.21. The fraction of sp³-hybridized carbons (Fsp3) is 0.222. The second kappa shape index (κ2) is 8.31. The molecular formula is C18H20N2O3S. The normalized spacial score (nSPS) is 9.96. The number of carbonyl (C=O) groups excluding carboxylic acids is 1. The van der Waals surface area contributed by atoms with Crippen LogP contribution in [0.2, 0.25) is 0 Å². The van der Waals surface area contributed by atoms with Crippen LogP contribution in [0.5, 0.6) is 11.5 Å². The van der Waals surface area contributed by atoms with E-state index >= 15 is 0 Å². The SMILES string of the molecule is COc1ccc(OC)c(NC(=S)NC(=O)Cc2ccccc2C)c1. The molecule has 0 saturated heterocycles. The smallest absolute Gasteiger partial charge is 0.230 e. The average Bonchev–Trinajstić information content (AvgIpc) is 2.56. The minimum absolute atomic E-state index is 0.177. The van der Waals surface area contributed by atoms with Crippen molar-refractivity contribution in [3.63, 3.8) is 0 Å². The predicted octanol–water partition coefficient (Wildman–Crippen LogP) is 3.07. The number of hydrogen-bond acceptors (Lipinski definition) is 4. The molecule has 2 rings (SSSR count). The molecule has 0 heterocycles. The summed E-state index contributed by atoms with van der Waals surface area (Å²) < 4.78 is 10.5. The van der Waals surface area contributed by atoms with E-state index in [-0.39, 0.29) is 17.4 Å². The summed E-state index contributed by atoms with van der Waals surface area (Å²) in [6, 6.07) is 13.0. The van der Waals surface area contributed by atoms with Crippen molar-refractivity contribution in [1.29, 1.82) is 0 Å². The van der Waals surface area contributed by atoms with Gasteiger partial charge in [0.25, 0.3) is 0 Å². The van der Waals surface area contributed by atoms with Gasteiger partial charge in [-0.05, 0) is 42.4 Å². The summed E-state index contributed by atoms with van der Waals surface area (Å²) in [7, 11) is 3.14. The minimum atomic E-state index is -0.177. The second-order valence-corrected chi connectivity index (χ2v) is 5.58. The van der Waals surface area contributed by atoms with Crippen molar-refractivity contribution < 1.29 is 14.3 Å². The number of carbonyl (C=O) groups is 1. The van der Waals surface area contributed by atoms with Crippen LogP contribution in [0.3, 0.4) is 0 Å². The number of rotatable bonds is 5. The van der Waals surface area contributed by atoms with Crippen LogP contribution in [0.4, 0.5) is 5.69 Å². The van der Waals surface area contributed by atoms with Crippen LogP contribution < -0.4 is 20.1 Å². The number of hydrogen-bond donors (Lipinski definition) is 2. The fourth-order valence-electron chi connectivity index (χ4n) is 2.22. The van der Waals surface area contributed by atoms with Gasteiger partial charge in [0.1, 0.15) is 11.5 Å². The van der Waals surface area contributed by atoms with Crippen LogP contribution in [-0.2, 0) is 11.2 Å². The number of benzene rings is 2.